The number of carbonyl (C=O) groups is 3. The van der Waals surface area contributed by atoms with Gasteiger partial charge in [-0.3, -0.25) is 24.8 Å². The Labute approximate surface area is 285 Å². The summed E-state index contributed by atoms with van der Waals surface area (Å²) < 4.78 is 62.7. The van der Waals surface area contributed by atoms with Crippen molar-refractivity contribution in [2.45, 2.75) is 63.3 Å². The molecule has 0 bridgehead atoms. The molecule has 0 radical (unpaired) electrons. The molecule has 2 atom stereocenters. The van der Waals surface area contributed by atoms with E-state index < -0.39 is 41.4 Å². The molecule has 6 N–H and O–H groups in total. The number of carbonyl (C=O) groups excluding carboxylic acids is 3. The number of halogens is 4. The van der Waals surface area contributed by atoms with E-state index in [1.165, 1.54) is 37.4 Å². The average Bonchev–Trinajstić information content (AvgIpc) is 3.80. The zero-order valence-electron chi connectivity index (χ0n) is 27.4. The van der Waals surface area contributed by atoms with Gasteiger partial charge in [-0.15, -0.1) is 0 Å². The number of pyridine rings is 1. The minimum atomic E-state index is -5.30. The third-order valence-corrected chi connectivity index (χ3v) is 9.27. The van der Waals surface area contributed by atoms with Crippen LogP contribution in [0.3, 0.4) is 0 Å². The van der Waals surface area contributed by atoms with Crippen LogP contribution in [0, 0.1) is 16.6 Å². The molecular weight excluding hydrogens is 658 g/mol. The zero-order valence-corrected chi connectivity index (χ0v) is 27.4. The molecule has 50 heavy (non-hydrogen) atoms. The number of benzene rings is 2. The van der Waals surface area contributed by atoms with E-state index >= 15 is 0 Å². The summed E-state index contributed by atoms with van der Waals surface area (Å²) in [5, 5.41) is 25.1. The highest BCUT2D eigenvalue weighted by atomic mass is 19.4. The van der Waals surface area contributed by atoms with Gasteiger partial charge in [-0.2, -0.15) is 13.2 Å². The first-order chi connectivity index (χ1) is 23.4. The number of aromatic nitrogens is 1. The molecule has 10 nitrogen and oxygen atoms in total. The standard InChI is InChI=1S/C36H37F4N5O5/c1-33(14-15-33)45-28(46)19-50-27-18-23(17-22-5-4-16-43-30(22)27)31(47)44-20-35(49,36(38,39)40)13-11-26-25(6-3-12-34(26,2)32(42)48)29(41)21-7-9-24(37)10-8-21/h4-5,7-11,13,16-18,41,49H,3,6,12,14-15,19-20H2,1-2H3,(H2,42,48)(H,44,47)(H,45,46)/b13-11+,41-29?/t34-,35+/m0/s1. The fraction of sp³-hybridized carbons (Fsp3) is 0.361. The maximum absolute atomic E-state index is 14.5. The number of nitrogens with two attached hydrogens (primary N) is 1. The monoisotopic (exact) mass is 695 g/mol. The fourth-order valence-electron chi connectivity index (χ4n) is 5.83. The number of ether oxygens (including phenoxy) is 1. The number of nitrogens with zero attached hydrogens (tertiary/aromatic N) is 1. The van der Waals surface area contributed by atoms with Crippen molar-refractivity contribution in [2.24, 2.45) is 11.1 Å². The first-order valence-corrected chi connectivity index (χ1v) is 15.9. The SMILES string of the molecule is CC1(NC(=O)COc2cc(C(=O)NC[C@](O)(/C=C/C3=C(C(=N)c4ccc(F)cc4)CCC[C@]3(C)C(N)=O)C(F)(F)F)cc3cccnc23)CC1. The predicted octanol–water partition coefficient (Wildman–Crippen LogP) is 5.04. The summed E-state index contributed by atoms with van der Waals surface area (Å²) in [6.45, 7) is 1.64. The van der Waals surface area contributed by atoms with Crippen molar-refractivity contribution in [2.75, 3.05) is 13.2 Å². The topological polar surface area (TPSA) is 167 Å². The van der Waals surface area contributed by atoms with Crippen molar-refractivity contribution < 1.29 is 41.8 Å². The number of fused-ring (bicyclic) bond motifs is 1. The van der Waals surface area contributed by atoms with Gasteiger partial charge < -0.3 is 26.2 Å². The van der Waals surface area contributed by atoms with Crippen molar-refractivity contribution in [1.29, 1.82) is 5.41 Å². The Balaban J connectivity index is 1.42. The third-order valence-electron chi connectivity index (χ3n) is 9.27. The Morgan fingerprint density at radius 3 is 2.42 bits per heavy atom. The summed E-state index contributed by atoms with van der Waals surface area (Å²) >= 11 is 0. The second-order valence-corrected chi connectivity index (χ2v) is 13.2. The van der Waals surface area contributed by atoms with Crippen molar-refractivity contribution >= 4 is 34.3 Å². The van der Waals surface area contributed by atoms with E-state index in [1.54, 1.807) is 12.1 Å². The molecule has 2 aliphatic carbocycles. The number of allylic oxidation sites excluding steroid dienone is 2. The summed E-state index contributed by atoms with van der Waals surface area (Å²) in [5.41, 5.74) is 0.873. The Bertz CT molecular complexity index is 1900. The summed E-state index contributed by atoms with van der Waals surface area (Å²) in [4.78, 5) is 42.6. The maximum Gasteiger partial charge on any atom is 0.422 e. The molecule has 2 aliphatic rings. The van der Waals surface area contributed by atoms with E-state index in [9.17, 15) is 37.1 Å². The van der Waals surface area contributed by atoms with Gasteiger partial charge in [-0.25, -0.2) is 4.39 Å². The van der Waals surface area contributed by atoms with E-state index in [2.05, 4.69) is 15.6 Å². The maximum atomic E-state index is 14.5. The molecule has 1 heterocycles. The molecule has 0 aliphatic heterocycles. The van der Waals surface area contributed by atoms with Gasteiger partial charge in [-0.1, -0.05) is 12.1 Å². The smallest absolute Gasteiger partial charge is 0.422 e. The highest BCUT2D eigenvalue weighted by molar-refractivity contribution is 6.12. The molecule has 5 rings (SSSR count). The van der Waals surface area contributed by atoms with Gasteiger partial charge in [0, 0.05) is 22.7 Å². The Morgan fingerprint density at radius 1 is 1.08 bits per heavy atom. The number of aliphatic hydroxyl groups is 1. The zero-order chi connectivity index (χ0) is 36.5. The highest BCUT2D eigenvalue weighted by Crippen LogP contribution is 2.43. The lowest BCUT2D eigenvalue weighted by atomic mass is 9.68. The summed E-state index contributed by atoms with van der Waals surface area (Å²) in [7, 11) is 0. The van der Waals surface area contributed by atoms with Crippen LogP contribution in [0.25, 0.3) is 10.9 Å². The number of amides is 3. The van der Waals surface area contributed by atoms with E-state index in [-0.39, 0.29) is 64.6 Å². The largest absolute Gasteiger partial charge is 0.481 e. The predicted molar refractivity (Wildman–Crippen MR) is 177 cm³/mol. The van der Waals surface area contributed by atoms with Crippen molar-refractivity contribution in [3.05, 3.63) is 95.0 Å². The van der Waals surface area contributed by atoms with Crippen LogP contribution in [0.1, 0.15) is 61.9 Å². The summed E-state index contributed by atoms with van der Waals surface area (Å²) in [6.07, 6.45) is -0.00832. The molecule has 0 unspecified atom stereocenters. The highest BCUT2D eigenvalue weighted by Gasteiger charge is 2.52. The fourth-order valence-corrected chi connectivity index (χ4v) is 5.83. The van der Waals surface area contributed by atoms with Crippen LogP contribution in [0.5, 0.6) is 5.75 Å². The van der Waals surface area contributed by atoms with Gasteiger partial charge in [-0.05, 0) is 111 Å². The normalized spacial score (nSPS) is 19.9. The molecule has 1 saturated carbocycles. The molecule has 0 saturated heterocycles. The number of primary amides is 1. The average molecular weight is 696 g/mol. The van der Waals surface area contributed by atoms with Crippen LogP contribution >= 0.6 is 0 Å². The molecule has 264 valence electrons. The second kappa shape index (κ2) is 13.7. The molecule has 3 aromatic rings. The molecular formula is C36H37F4N5O5. The molecule has 1 fully saturated rings. The van der Waals surface area contributed by atoms with Crippen molar-refractivity contribution in [3.63, 3.8) is 0 Å². The van der Waals surface area contributed by atoms with Crippen LogP contribution in [-0.2, 0) is 9.59 Å². The van der Waals surface area contributed by atoms with E-state index in [0.717, 1.165) is 31.1 Å². The van der Waals surface area contributed by atoms with Crippen LogP contribution in [0.15, 0.2) is 78.0 Å². The Kier molecular flexibility index (Phi) is 9.88. The third kappa shape index (κ3) is 7.70. The van der Waals surface area contributed by atoms with Crippen LogP contribution in [0.2, 0.25) is 0 Å². The lowest BCUT2D eigenvalue weighted by molar-refractivity contribution is -0.236. The molecule has 2 aromatic carbocycles. The van der Waals surface area contributed by atoms with Crippen LogP contribution in [-0.4, -0.2) is 64.0 Å². The summed E-state index contributed by atoms with van der Waals surface area (Å²) in [5.74, 6) is -2.70. The van der Waals surface area contributed by atoms with Gasteiger partial charge in [0.25, 0.3) is 11.8 Å². The number of rotatable bonds is 12. The minimum Gasteiger partial charge on any atom is -0.481 e. The lowest BCUT2D eigenvalue weighted by Crippen LogP contribution is -2.52. The number of nitrogens with one attached hydrogen (secondary N) is 3. The quantitative estimate of drug-likeness (QED) is 0.132. The lowest BCUT2D eigenvalue weighted by Gasteiger charge is -2.35. The molecule has 3 amide bonds. The van der Waals surface area contributed by atoms with Crippen LogP contribution < -0.4 is 21.1 Å². The number of hydrogen-bond donors (Lipinski definition) is 5. The van der Waals surface area contributed by atoms with E-state index in [0.29, 0.717) is 23.4 Å². The van der Waals surface area contributed by atoms with Gasteiger partial charge in [0.15, 0.2) is 12.2 Å². The van der Waals surface area contributed by atoms with Gasteiger partial charge >= 0.3 is 6.18 Å². The second-order valence-electron chi connectivity index (χ2n) is 13.2. The number of alkyl halides is 3. The van der Waals surface area contributed by atoms with E-state index in [4.69, 9.17) is 15.9 Å². The van der Waals surface area contributed by atoms with E-state index in [1.807, 2.05) is 6.92 Å². The van der Waals surface area contributed by atoms with Crippen molar-refractivity contribution in [1.82, 2.24) is 15.6 Å². The van der Waals surface area contributed by atoms with Gasteiger partial charge in [0.05, 0.1) is 17.7 Å². The van der Waals surface area contributed by atoms with Gasteiger partial charge in [0.1, 0.15) is 17.1 Å². The molecule has 14 heteroatoms. The number of hydrogen-bond acceptors (Lipinski definition) is 7. The van der Waals surface area contributed by atoms with Crippen molar-refractivity contribution in [3.8, 4) is 5.75 Å². The first kappa shape index (κ1) is 36.2. The Hall–Kier alpha value is -5.11. The molecule has 1 aromatic heterocycles. The first-order valence-electron chi connectivity index (χ1n) is 15.9. The minimum absolute atomic E-state index is 0.00288. The van der Waals surface area contributed by atoms with Crippen LogP contribution in [0.4, 0.5) is 17.6 Å². The Morgan fingerprint density at radius 2 is 1.78 bits per heavy atom. The summed E-state index contributed by atoms with van der Waals surface area (Å²) in [6, 6.07) is 10.8. The molecule has 0 spiro atoms. The van der Waals surface area contributed by atoms with Gasteiger partial charge in [0.2, 0.25) is 5.91 Å².